The zero-order valence-corrected chi connectivity index (χ0v) is 15.1. The van der Waals surface area contributed by atoms with Crippen molar-refractivity contribution in [3.05, 3.63) is 59.7 Å². The molecule has 2 aromatic rings. The molecule has 2 aromatic carbocycles. The molecule has 0 amide bonds. The molecule has 3 nitrogen and oxygen atoms in total. The van der Waals surface area contributed by atoms with Crippen LogP contribution in [-0.4, -0.2) is 19.1 Å². The number of hydrogen-bond donors (Lipinski definition) is 0. The number of esters is 1. The van der Waals surface area contributed by atoms with Crippen molar-refractivity contribution >= 4 is 29.1 Å². The molecule has 1 aliphatic rings. The third-order valence-electron chi connectivity index (χ3n) is 3.93. The molecule has 1 aliphatic heterocycles. The summed E-state index contributed by atoms with van der Waals surface area (Å²) >= 11 is 1.80. The number of rotatable bonds is 4. The summed E-state index contributed by atoms with van der Waals surface area (Å²) in [6.07, 6.45) is 0. The molecule has 0 fully saturated rings. The highest BCUT2D eigenvalue weighted by atomic mass is 32.2. The maximum atomic E-state index is 11.6. The van der Waals surface area contributed by atoms with Crippen molar-refractivity contribution in [3.8, 4) is 0 Å². The first-order valence-corrected chi connectivity index (χ1v) is 8.76. The van der Waals surface area contributed by atoms with Gasteiger partial charge in [-0.05, 0) is 56.2 Å². The van der Waals surface area contributed by atoms with E-state index in [1.165, 1.54) is 20.9 Å². The Morgan fingerprint density at radius 1 is 1.08 bits per heavy atom. The third kappa shape index (κ3) is 3.34. The van der Waals surface area contributed by atoms with E-state index in [0.29, 0.717) is 18.7 Å². The highest BCUT2D eigenvalue weighted by molar-refractivity contribution is 7.99. The Kier molecular flexibility index (Phi) is 4.67. The third-order valence-corrected chi connectivity index (χ3v) is 5.02. The van der Waals surface area contributed by atoms with Gasteiger partial charge in [-0.15, -0.1) is 0 Å². The lowest BCUT2D eigenvalue weighted by atomic mass is 10.1. The van der Waals surface area contributed by atoms with Crippen LogP contribution < -0.4 is 4.90 Å². The predicted octanol–water partition coefficient (Wildman–Crippen LogP) is 5.03. The van der Waals surface area contributed by atoms with Crippen molar-refractivity contribution in [2.24, 2.45) is 0 Å². The topological polar surface area (TPSA) is 29.5 Å². The smallest absolute Gasteiger partial charge is 0.333 e. The second kappa shape index (κ2) is 6.73. The molecular formula is C20H21NO2S. The summed E-state index contributed by atoms with van der Waals surface area (Å²) in [4.78, 5) is 16.3. The molecule has 0 unspecified atom stereocenters. The van der Waals surface area contributed by atoms with E-state index >= 15 is 0 Å². The zero-order chi connectivity index (χ0) is 17.3. The Labute approximate surface area is 147 Å². The molecule has 124 valence electrons. The van der Waals surface area contributed by atoms with E-state index in [0.717, 1.165) is 11.4 Å². The number of ether oxygens (including phenoxy) is 1. The van der Waals surface area contributed by atoms with Gasteiger partial charge in [-0.1, -0.05) is 30.5 Å². The summed E-state index contributed by atoms with van der Waals surface area (Å²) in [7, 11) is 0. The van der Waals surface area contributed by atoms with Crippen LogP contribution in [0.1, 0.15) is 18.1 Å². The maximum absolute atomic E-state index is 11.6. The fraction of sp³-hybridized carbons (Fsp3) is 0.250. The molecule has 0 atom stereocenters. The van der Waals surface area contributed by atoms with Crippen molar-refractivity contribution in [3.63, 3.8) is 0 Å². The Balaban J connectivity index is 1.90. The predicted molar refractivity (Wildman–Crippen MR) is 99.3 cm³/mol. The molecule has 0 N–H and O–H groups in total. The Bertz CT molecular complexity index is 762. The van der Waals surface area contributed by atoms with Gasteiger partial charge in [0, 0.05) is 15.4 Å². The van der Waals surface area contributed by atoms with Crippen LogP contribution >= 0.6 is 11.8 Å². The highest BCUT2D eigenvalue weighted by Crippen LogP contribution is 2.48. The molecule has 0 saturated carbocycles. The number of anilines is 2. The van der Waals surface area contributed by atoms with Gasteiger partial charge in [-0.3, -0.25) is 0 Å². The van der Waals surface area contributed by atoms with E-state index in [2.05, 4.69) is 61.7 Å². The number of hydrogen-bond acceptors (Lipinski definition) is 4. The molecule has 0 radical (unpaired) electrons. The van der Waals surface area contributed by atoms with Gasteiger partial charge in [0.05, 0.1) is 17.9 Å². The largest absolute Gasteiger partial charge is 0.460 e. The van der Waals surface area contributed by atoms with Gasteiger partial charge in [0.15, 0.2) is 0 Å². The number of carbonyl (C=O) groups is 1. The molecule has 24 heavy (non-hydrogen) atoms. The first-order chi connectivity index (χ1) is 11.5. The van der Waals surface area contributed by atoms with Gasteiger partial charge in [-0.25, -0.2) is 4.79 Å². The SMILES string of the molecule is C=C(C)C(=O)OCCN1c2ccc(C)cc2Sc2cc(C)ccc21. The van der Waals surface area contributed by atoms with Crippen LogP contribution in [-0.2, 0) is 9.53 Å². The number of benzene rings is 2. The van der Waals surface area contributed by atoms with E-state index in [1.54, 1.807) is 18.7 Å². The van der Waals surface area contributed by atoms with E-state index in [1.807, 2.05) is 0 Å². The second-order valence-electron chi connectivity index (χ2n) is 6.11. The summed E-state index contributed by atoms with van der Waals surface area (Å²) in [5.41, 5.74) is 5.23. The molecule has 4 heteroatoms. The molecule has 0 aliphatic carbocycles. The van der Waals surface area contributed by atoms with Gasteiger partial charge >= 0.3 is 5.97 Å². The summed E-state index contributed by atoms with van der Waals surface area (Å²) in [5.74, 6) is -0.338. The van der Waals surface area contributed by atoms with E-state index in [4.69, 9.17) is 4.74 Å². The number of fused-ring (bicyclic) bond motifs is 2. The van der Waals surface area contributed by atoms with Crippen LogP contribution in [0.15, 0.2) is 58.3 Å². The summed E-state index contributed by atoms with van der Waals surface area (Å²) in [6, 6.07) is 12.9. The fourth-order valence-electron chi connectivity index (χ4n) is 2.69. The number of nitrogens with zero attached hydrogens (tertiary/aromatic N) is 1. The zero-order valence-electron chi connectivity index (χ0n) is 14.3. The molecule has 3 rings (SSSR count). The molecule has 1 heterocycles. The van der Waals surface area contributed by atoms with Gasteiger partial charge in [0.2, 0.25) is 0 Å². The monoisotopic (exact) mass is 339 g/mol. The maximum Gasteiger partial charge on any atom is 0.333 e. The molecule has 0 spiro atoms. The minimum absolute atomic E-state index is 0.330. The minimum atomic E-state index is -0.338. The summed E-state index contributed by atoms with van der Waals surface area (Å²) in [5, 5.41) is 0. The highest BCUT2D eigenvalue weighted by Gasteiger charge is 2.23. The van der Waals surface area contributed by atoms with Crippen molar-refractivity contribution in [2.45, 2.75) is 30.6 Å². The molecule has 0 bridgehead atoms. The van der Waals surface area contributed by atoms with Gasteiger partial charge < -0.3 is 9.64 Å². The van der Waals surface area contributed by atoms with Crippen molar-refractivity contribution in [1.82, 2.24) is 0 Å². The van der Waals surface area contributed by atoms with Crippen LogP contribution in [0, 0.1) is 13.8 Å². The first-order valence-electron chi connectivity index (χ1n) is 7.95. The summed E-state index contributed by atoms with van der Waals surface area (Å²) in [6.45, 7) is 10.4. The summed E-state index contributed by atoms with van der Waals surface area (Å²) < 4.78 is 5.30. The lowest BCUT2D eigenvalue weighted by Gasteiger charge is -2.33. The van der Waals surface area contributed by atoms with Crippen LogP contribution in [0.25, 0.3) is 0 Å². The van der Waals surface area contributed by atoms with E-state index in [-0.39, 0.29) is 5.97 Å². The van der Waals surface area contributed by atoms with Gasteiger partial charge in [-0.2, -0.15) is 0 Å². The lowest BCUT2D eigenvalue weighted by molar-refractivity contribution is -0.138. The Morgan fingerprint density at radius 2 is 1.62 bits per heavy atom. The van der Waals surface area contributed by atoms with Crippen molar-refractivity contribution in [1.29, 1.82) is 0 Å². The minimum Gasteiger partial charge on any atom is -0.460 e. The van der Waals surface area contributed by atoms with Gasteiger partial charge in [0.1, 0.15) is 6.61 Å². The van der Waals surface area contributed by atoms with E-state index in [9.17, 15) is 4.79 Å². The second-order valence-corrected chi connectivity index (χ2v) is 7.20. The van der Waals surface area contributed by atoms with E-state index < -0.39 is 0 Å². The Hall–Kier alpha value is -2.20. The molecule has 0 saturated heterocycles. The van der Waals surface area contributed by atoms with Crippen LogP contribution in [0.4, 0.5) is 11.4 Å². The number of aryl methyl sites for hydroxylation is 2. The molecule has 0 aromatic heterocycles. The molecular weight excluding hydrogens is 318 g/mol. The van der Waals surface area contributed by atoms with Crippen LogP contribution in [0.2, 0.25) is 0 Å². The average Bonchev–Trinajstić information content (AvgIpc) is 2.53. The van der Waals surface area contributed by atoms with Gasteiger partial charge in [0.25, 0.3) is 0 Å². The normalized spacial score (nSPS) is 12.4. The van der Waals surface area contributed by atoms with Crippen molar-refractivity contribution < 1.29 is 9.53 Å². The quantitative estimate of drug-likeness (QED) is 0.577. The fourth-order valence-corrected chi connectivity index (χ4v) is 3.99. The van der Waals surface area contributed by atoms with Crippen molar-refractivity contribution in [2.75, 3.05) is 18.1 Å². The average molecular weight is 339 g/mol. The lowest BCUT2D eigenvalue weighted by Crippen LogP contribution is -2.26. The Morgan fingerprint density at radius 3 is 2.12 bits per heavy atom. The van der Waals surface area contributed by atoms with Crippen LogP contribution in [0.3, 0.4) is 0 Å². The van der Waals surface area contributed by atoms with Crippen LogP contribution in [0.5, 0.6) is 0 Å². The standard InChI is InChI=1S/C20H21NO2S/c1-13(2)20(22)23-10-9-21-16-7-5-14(3)11-18(16)24-19-12-15(4)6-8-17(19)21/h5-8,11-12H,1,9-10H2,2-4H3. The number of carbonyl (C=O) groups excluding carboxylic acids is 1. The first kappa shape index (κ1) is 16.7.